The Morgan fingerprint density at radius 1 is 1.39 bits per heavy atom. The minimum atomic E-state index is -0.450. The van der Waals surface area contributed by atoms with Gasteiger partial charge < -0.3 is 14.2 Å². The molecule has 2 rings (SSSR count). The molecule has 0 spiro atoms. The van der Waals surface area contributed by atoms with Crippen molar-refractivity contribution in [3.8, 4) is 11.5 Å². The molecule has 1 aliphatic rings. The van der Waals surface area contributed by atoms with E-state index in [9.17, 15) is 9.59 Å². The third-order valence-electron chi connectivity index (χ3n) is 2.51. The van der Waals surface area contributed by atoms with Gasteiger partial charge in [0.1, 0.15) is 0 Å². The standard InChI is InChI=1S/C13H14O5/c1-3-16-13(15)10-6-9-4-5-17-12(9)11(7-10)18-8(2)14/h6-7H,3-5H2,1-2H3. The molecule has 1 aromatic carbocycles. The Bertz CT molecular complexity index is 492. The summed E-state index contributed by atoms with van der Waals surface area (Å²) in [5, 5.41) is 0. The van der Waals surface area contributed by atoms with Crippen molar-refractivity contribution in [2.75, 3.05) is 13.2 Å². The molecule has 0 fully saturated rings. The van der Waals surface area contributed by atoms with Gasteiger partial charge in [0.15, 0.2) is 11.5 Å². The maximum atomic E-state index is 11.7. The van der Waals surface area contributed by atoms with Crippen LogP contribution in [0.1, 0.15) is 29.8 Å². The minimum absolute atomic E-state index is 0.278. The van der Waals surface area contributed by atoms with Crippen LogP contribution in [0.5, 0.6) is 11.5 Å². The summed E-state index contributed by atoms with van der Waals surface area (Å²) in [6, 6.07) is 3.19. The fraction of sp³-hybridized carbons (Fsp3) is 0.385. The highest BCUT2D eigenvalue weighted by molar-refractivity contribution is 5.91. The molecule has 0 aliphatic carbocycles. The summed E-state index contributed by atoms with van der Waals surface area (Å²) in [5.74, 6) is -0.0619. The van der Waals surface area contributed by atoms with E-state index >= 15 is 0 Å². The number of benzene rings is 1. The molecule has 18 heavy (non-hydrogen) atoms. The second-order valence-corrected chi connectivity index (χ2v) is 3.88. The van der Waals surface area contributed by atoms with Crippen LogP contribution >= 0.6 is 0 Å². The summed E-state index contributed by atoms with van der Waals surface area (Å²) in [6.45, 7) is 3.87. The van der Waals surface area contributed by atoms with E-state index < -0.39 is 11.9 Å². The summed E-state index contributed by atoms with van der Waals surface area (Å²) >= 11 is 0. The molecule has 0 amide bonds. The highest BCUT2D eigenvalue weighted by atomic mass is 16.6. The largest absolute Gasteiger partial charge is 0.489 e. The van der Waals surface area contributed by atoms with Gasteiger partial charge in [0, 0.05) is 18.9 Å². The average molecular weight is 250 g/mol. The Morgan fingerprint density at radius 3 is 2.83 bits per heavy atom. The summed E-state index contributed by atoms with van der Waals surface area (Å²) in [6.07, 6.45) is 0.691. The topological polar surface area (TPSA) is 61.8 Å². The Morgan fingerprint density at radius 2 is 2.17 bits per heavy atom. The SMILES string of the molecule is CCOC(=O)c1cc2c(c(OC(C)=O)c1)OCC2. The molecule has 96 valence electrons. The zero-order valence-corrected chi connectivity index (χ0v) is 10.3. The first-order valence-electron chi connectivity index (χ1n) is 5.77. The van der Waals surface area contributed by atoms with Crippen LogP contribution in [-0.4, -0.2) is 25.2 Å². The van der Waals surface area contributed by atoms with Crippen LogP contribution in [0.3, 0.4) is 0 Å². The number of fused-ring (bicyclic) bond motifs is 1. The minimum Gasteiger partial charge on any atom is -0.489 e. The summed E-state index contributed by atoms with van der Waals surface area (Å²) in [5.41, 5.74) is 1.23. The molecule has 0 aromatic heterocycles. The highest BCUT2D eigenvalue weighted by Gasteiger charge is 2.22. The van der Waals surface area contributed by atoms with Crippen LogP contribution in [0, 0.1) is 0 Å². The number of esters is 2. The molecule has 0 saturated carbocycles. The lowest BCUT2D eigenvalue weighted by Gasteiger charge is -2.09. The molecule has 0 unspecified atom stereocenters. The zero-order chi connectivity index (χ0) is 13.1. The van der Waals surface area contributed by atoms with Crippen molar-refractivity contribution in [2.24, 2.45) is 0 Å². The highest BCUT2D eigenvalue weighted by Crippen LogP contribution is 2.37. The summed E-state index contributed by atoms with van der Waals surface area (Å²) < 4.78 is 15.4. The van der Waals surface area contributed by atoms with Gasteiger partial charge in [0.25, 0.3) is 0 Å². The van der Waals surface area contributed by atoms with E-state index in [-0.39, 0.29) is 5.75 Å². The predicted molar refractivity (Wildman–Crippen MR) is 62.9 cm³/mol. The van der Waals surface area contributed by atoms with Gasteiger partial charge in [-0.2, -0.15) is 0 Å². The molecule has 0 saturated heterocycles. The second-order valence-electron chi connectivity index (χ2n) is 3.88. The van der Waals surface area contributed by atoms with Crippen LogP contribution < -0.4 is 9.47 Å². The van der Waals surface area contributed by atoms with Gasteiger partial charge >= 0.3 is 11.9 Å². The summed E-state index contributed by atoms with van der Waals surface area (Å²) in [7, 11) is 0. The third kappa shape index (κ3) is 2.45. The van der Waals surface area contributed by atoms with Gasteiger partial charge in [0.2, 0.25) is 0 Å². The van der Waals surface area contributed by atoms with Crippen molar-refractivity contribution in [3.05, 3.63) is 23.3 Å². The molecule has 0 N–H and O–H groups in total. The van der Waals surface area contributed by atoms with Crippen LogP contribution in [0.15, 0.2) is 12.1 Å². The Balaban J connectivity index is 2.38. The molecular weight excluding hydrogens is 236 g/mol. The van der Waals surface area contributed by atoms with Crippen molar-refractivity contribution in [2.45, 2.75) is 20.3 Å². The lowest BCUT2D eigenvalue weighted by Crippen LogP contribution is -2.08. The normalized spacial score (nSPS) is 12.6. The number of hydrogen-bond acceptors (Lipinski definition) is 5. The first-order valence-corrected chi connectivity index (χ1v) is 5.77. The van der Waals surface area contributed by atoms with Gasteiger partial charge in [-0.15, -0.1) is 0 Å². The first kappa shape index (κ1) is 12.4. The Labute approximate surface area is 105 Å². The van der Waals surface area contributed by atoms with E-state index in [1.54, 1.807) is 13.0 Å². The fourth-order valence-corrected chi connectivity index (χ4v) is 1.84. The fourth-order valence-electron chi connectivity index (χ4n) is 1.84. The lowest BCUT2D eigenvalue weighted by molar-refractivity contribution is -0.132. The monoisotopic (exact) mass is 250 g/mol. The molecule has 1 aromatic rings. The van der Waals surface area contributed by atoms with Gasteiger partial charge in [-0.1, -0.05) is 0 Å². The Kier molecular flexibility index (Phi) is 3.50. The second kappa shape index (κ2) is 5.08. The smallest absolute Gasteiger partial charge is 0.338 e. The van der Waals surface area contributed by atoms with Gasteiger partial charge in [-0.25, -0.2) is 4.79 Å². The third-order valence-corrected chi connectivity index (χ3v) is 2.51. The number of ether oxygens (including phenoxy) is 3. The van der Waals surface area contributed by atoms with Crippen LogP contribution in [-0.2, 0) is 16.0 Å². The maximum Gasteiger partial charge on any atom is 0.338 e. The van der Waals surface area contributed by atoms with Crippen molar-refractivity contribution >= 4 is 11.9 Å². The Hall–Kier alpha value is -2.04. The van der Waals surface area contributed by atoms with Crippen LogP contribution in [0.2, 0.25) is 0 Å². The lowest BCUT2D eigenvalue weighted by atomic mass is 10.1. The quantitative estimate of drug-likeness (QED) is 0.603. The van der Waals surface area contributed by atoms with E-state index in [2.05, 4.69) is 0 Å². The van der Waals surface area contributed by atoms with Gasteiger partial charge in [-0.05, 0) is 19.1 Å². The van der Waals surface area contributed by atoms with Crippen molar-refractivity contribution in [1.82, 2.24) is 0 Å². The van der Waals surface area contributed by atoms with Crippen molar-refractivity contribution in [1.29, 1.82) is 0 Å². The average Bonchev–Trinajstić information content (AvgIpc) is 2.76. The van der Waals surface area contributed by atoms with E-state index in [0.717, 1.165) is 5.56 Å². The number of carbonyl (C=O) groups excluding carboxylic acids is 2. The molecular formula is C13H14O5. The maximum absolute atomic E-state index is 11.7. The van der Waals surface area contributed by atoms with Gasteiger partial charge in [0.05, 0.1) is 18.8 Å². The van der Waals surface area contributed by atoms with Crippen molar-refractivity contribution in [3.63, 3.8) is 0 Å². The van der Waals surface area contributed by atoms with E-state index in [1.165, 1.54) is 13.0 Å². The molecule has 0 atom stereocenters. The predicted octanol–water partition coefficient (Wildman–Crippen LogP) is 1.72. The molecule has 0 bridgehead atoms. The van der Waals surface area contributed by atoms with Gasteiger partial charge in [-0.3, -0.25) is 4.79 Å². The van der Waals surface area contributed by atoms with E-state index in [0.29, 0.717) is 30.9 Å². The summed E-state index contributed by atoms with van der Waals surface area (Å²) in [4.78, 5) is 22.7. The molecule has 5 heteroatoms. The molecule has 1 heterocycles. The number of rotatable bonds is 3. The zero-order valence-electron chi connectivity index (χ0n) is 10.3. The molecule has 1 aliphatic heterocycles. The van der Waals surface area contributed by atoms with Crippen LogP contribution in [0.4, 0.5) is 0 Å². The molecule has 5 nitrogen and oxygen atoms in total. The van der Waals surface area contributed by atoms with Crippen molar-refractivity contribution < 1.29 is 23.8 Å². The van der Waals surface area contributed by atoms with E-state index in [4.69, 9.17) is 14.2 Å². The van der Waals surface area contributed by atoms with Crippen LogP contribution in [0.25, 0.3) is 0 Å². The van der Waals surface area contributed by atoms with E-state index in [1.807, 2.05) is 0 Å². The number of carbonyl (C=O) groups is 2. The first-order chi connectivity index (χ1) is 8.61. The molecule has 0 radical (unpaired) electrons. The number of hydrogen-bond donors (Lipinski definition) is 0.